The lowest BCUT2D eigenvalue weighted by Gasteiger charge is -2.27. The first-order valence-electron chi connectivity index (χ1n) is 5.59. The molecule has 0 aliphatic heterocycles. The predicted octanol–water partition coefficient (Wildman–Crippen LogP) is 1.97. The third-order valence-electron chi connectivity index (χ3n) is 3.23. The smallest absolute Gasteiger partial charge is 0.308 e. The van der Waals surface area contributed by atoms with E-state index in [4.69, 9.17) is 5.11 Å². The molecule has 1 rings (SSSR count). The molecule has 2 atom stereocenters. The molecule has 0 bridgehead atoms. The number of carbonyl (C=O) groups is 1. The van der Waals surface area contributed by atoms with Gasteiger partial charge in [-0.25, -0.2) is 0 Å². The van der Waals surface area contributed by atoms with Gasteiger partial charge in [0.1, 0.15) is 0 Å². The van der Waals surface area contributed by atoms with Crippen LogP contribution in [-0.4, -0.2) is 35.6 Å². The van der Waals surface area contributed by atoms with Crippen molar-refractivity contribution in [2.75, 3.05) is 13.6 Å². The summed E-state index contributed by atoms with van der Waals surface area (Å²) in [4.78, 5) is 13.2. The summed E-state index contributed by atoms with van der Waals surface area (Å²) in [5.41, 5.74) is 0. The van der Waals surface area contributed by atoms with Crippen LogP contribution in [0.4, 0.5) is 0 Å². The Labute approximate surface area is 86.1 Å². The van der Waals surface area contributed by atoms with Crippen molar-refractivity contribution in [3.05, 3.63) is 0 Å². The van der Waals surface area contributed by atoms with Gasteiger partial charge >= 0.3 is 5.97 Å². The summed E-state index contributed by atoms with van der Waals surface area (Å²) in [5.74, 6) is -0.743. The maximum atomic E-state index is 11.0. The molecule has 0 aromatic rings. The molecular formula is C11H21NO2. The average molecular weight is 199 g/mol. The van der Waals surface area contributed by atoms with Crippen LogP contribution in [0.15, 0.2) is 0 Å². The van der Waals surface area contributed by atoms with Crippen LogP contribution < -0.4 is 0 Å². The molecule has 0 aromatic carbocycles. The lowest BCUT2D eigenvalue weighted by molar-refractivity contribution is -0.143. The Kier molecular flexibility index (Phi) is 4.39. The first kappa shape index (κ1) is 11.5. The lowest BCUT2D eigenvalue weighted by Crippen LogP contribution is -2.38. The average Bonchev–Trinajstić information content (AvgIpc) is 2.62. The normalized spacial score (nSPS) is 27.1. The van der Waals surface area contributed by atoms with Gasteiger partial charge in [0.2, 0.25) is 0 Å². The first-order valence-corrected chi connectivity index (χ1v) is 5.59. The van der Waals surface area contributed by atoms with E-state index in [-0.39, 0.29) is 12.0 Å². The fraction of sp³-hybridized carbons (Fsp3) is 0.909. The third-order valence-corrected chi connectivity index (χ3v) is 3.23. The van der Waals surface area contributed by atoms with E-state index in [1.807, 2.05) is 0 Å². The van der Waals surface area contributed by atoms with Gasteiger partial charge in [0.25, 0.3) is 0 Å². The van der Waals surface area contributed by atoms with Gasteiger partial charge in [-0.15, -0.1) is 0 Å². The van der Waals surface area contributed by atoms with Gasteiger partial charge in [-0.1, -0.05) is 19.8 Å². The minimum Gasteiger partial charge on any atom is -0.481 e. The number of nitrogens with zero attached hydrogens (tertiary/aromatic N) is 1. The molecular weight excluding hydrogens is 178 g/mol. The van der Waals surface area contributed by atoms with Crippen molar-refractivity contribution in [3.63, 3.8) is 0 Å². The molecule has 2 unspecified atom stereocenters. The van der Waals surface area contributed by atoms with E-state index >= 15 is 0 Å². The van der Waals surface area contributed by atoms with Crippen LogP contribution in [0.3, 0.4) is 0 Å². The van der Waals surface area contributed by atoms with E-state index in [2.05, 4.69) is 18.9 Å². The molecule has 0 radical (unpaired) electrons. The summed E-state index contributed by atoms with van der Waals surface area (Å²) in [6.45, 7) is 3.20. The fourth-order valence-electron chi connectivity index (χ4n) is 2.33. The number of rotatable bonds is 5. The minimum absolute atomic E-state index is 0.128. The summed E-state index contributed by atoms with van der Waals surface area (Å²) in [7, 11) is 2.06. The monoisotopic (exact) mass is 199 g/mol. The Morgan fingerprint density at radius 2 is 2.21 bits per heavy atom. The fourth-order valence-corrected chi connectivity index (χ4v) is 2.33. The van der Waals surface area contributed by atoms with Gasteiger partial charge < -0.3 is 10.0 Å². The summed E-state index contributed by atoms with van der Waals surface area (Å²) in [6, 6.07) is 0.277. The Balaban J connectivity index is 2.44. The molecule has 1 N–H and O–H groups in total. The van der Waals surface area contributed by atoms with E-state index in [1.54, 1.807) is 0 Å². The molecule has 0 amide bonds. The van der Waals surface area contributed by atoms with Crippen LogP contribution in [0, 0.1) is 5.92 Å². The molecule has 0 spiro atoms. The SMILES string of the molecule is CCCCN(C)C1CCCC1C(=O)O. The number of hydrogen-bond donors (Lipinski definition) is 1. The van der Waals surface area contributed by atoms with Crippen LogP contribution in [0.2, 0.25) is 0 Å². The first-order chi connectivity index (χ1) is 6.66. The molecule has 0 saturated heterocycles. The number of carboxylic acids is 1. The molecule has 1 fully saturated rings. The topological polar surface area (TPSA) is 40.5 Å². The predicted molar refractivity (Wildman–Crippen MR) is 56.3 cm³/mol. The highest BCUT2D eigenvalue weighted by Gasteiger charge is 2.34. The zero-order valence-electron chi connectivity index (χ0n) is 9.20. The number of hydrogen-bond acceptors (Lipinski definition) is 2. The van der Waals surface area contributed by atoms with Gasteiger partial charge in [0, 0.05) is 6.04 Å². The third kappa shape index (κ3) is 2.71. The van der Waals surface area contributed by atoms with Crippen LogP contribution >= 0.6 is 0 Å². The summed E-state index contributed by atoms with van der Waals surface area (Å²) in [5, 5.41) is 9.03. The summed E-state index contributed by atoms with van der Waals surface area (Å²) < 4.78 is 0. The van der Waals surface area contributed by atoms with Crippen LogP contribution in [0.5, 0.6) is 0 Å². The molecule has 1 aliphatic rings. The van der Waals surface area contributed by atoms with Crippen molar-refractivity contribution in [3.8, 4) is 0 Å². The van der Waals surface area contributed by atoms with E-state index in [1.165, 1.54) is 12.8 Å². The minimum atomic E-state index is -0.615. The van der Waals surface area contributed by atoms with Crippen molar-refractivity contribution in [2.45, 2.75) is 45.1 Å². The Morgan fingerprint density at radius 1 is 1.50 bits per heavy atom. The summed E-state index contributed by atoms with van der Waals surface area (Å²) >= 11 is 0. The Morgan fingerprint density at radius 3 is 2.79 bits per heavy atom. The quantitative estimate of drug-likeness (QED) is 0.736. The number of aliphatic carboxylic acids is 1. The van der Waals surface area contributed by atoms with Gasteiger partial charge in [-0.2, -0.15) is 0 Å². The van der Waals surface area contributed by atoms with Crippen molar-refractivity contribution in [1.82, 2.24) is 4.90 Å². The van der Waals surface area contributed by atoms with Crippen molar-refractivity contribution in [1.29, 1.82) is 0 Å². The highest BCUT2D eigenvalue weighted by atomic mass is 16.4. The van der Waals surface area contributed by atoms with Crippen LogP contribution in [-0.2, 0) is 4.79 Å². The molecule has 14 heavy (non-hydrogen) atoms. The van der Waals surface area contributed by atoms with Gasteiger partial charge in [0.15, 0.2) is 0 Å². The van der Waals surface area contributed by atoms with Crippen molar-refractivity contribution >= 4 is 5.97 Å². The lowest BCUT2D eigenvalue weighted by atomic mass is 10.0. The second-order valence-corrected chi connectivity index (χ2v) is 4.28. The van der Waals surface area contributed by atoms with Crippen LogP contribution in [0.25, 0.3) is 0 Å². The molecule has 1 aliphatic carbocycles. The van der Waals surface area contributed by atoms with Gasteiger partial charge in [-0.05, 0) is 32.9 Å². The molecule has 1 saturated carbocycles. The van der Waals surface area contributed by atoms with Crippen molar-refractivity contribution in [2.24, 2.45) is 5.92 Å². The highest BCUT2D eigenvalue weighted by Crippen LogP contribution is 2.29. The molecule has 0 aromatic heterocycles. The standard InChI is InChI=1S/C11H21NO2/c1-3-4-8-12(2)10-7-5-6-9(10)11(13)14/h9-10H,3-8H2,1-2H3,(H,13,14). The van der Waals surface area contributed by atoms with E-state index < -0.39 is 5.97 Å². The van der Waals surface area contributed by atoms with Gasteiger partial charge in [-0.3, -0.25) is 4.79 Å². The van der Waals surface area contributed by atoms with Crippen LogP contribution in [0.1, 0.15) is 39.0 Å². The van der Waals surface area contributed by atoms with Crippen molar-refractivity contribution < 1.29 is 9.90 Å². The Hall–Kier alpha value is -0.570. The zero-order chi connectivity index (χ0) is 10.6. The largest absolute Gasteiger partial charge is 0.481 e. The molecule has 0 heterocycles. The zero-order valence-corrected chi connectivity index (χ0v) is 9.20. The second-order valence-electron chi connectivity index (χ2n) is 4.28. The molecule has 3 heteroatoms. The second kappa shape index (κ2) is 5.35. The highest BCUT2D eigenvalue weighted by molar-refractivity contribution is 5.71. The Bertz CT molecular complexity index is 194. The van der Waals surface area contributed by atoms with E-state index in [0.29, 0.717) is 0 Å². The number of carboxylic acid groups (broad SMARTS) is 1. The van der Waals surface area contributed by atoms with E-state index in [0.717, 1.165) is 25.8 Å². The molecule has 82 valence electrons. The number of unbranched alkanes of at least 4 members (excludes halogenated alkanes) is 1. The maximum Gasteiger partial charge on any atom is 0.308 e. The van der Waals surface area contributed by atoms with Gasteiger partial charge in [0.05, 0.1) is 5.92 Å². The van der Waals surface area contributed by atoms with E-state index in [9.17, 15) is 4.79 Å². The maximum absolute atomic E-state index is 11.0. The summed E-state index contributed by atoms with van der Waals surface area (Å²) in [6.07, 6.45) is 5.32. The molecule has 3 nitrogen and oxygen atoms in total.